The third-order valence-electron chi connectivity index (χ3n) is 3.52. The van der Waals surface area contributed by atoms with Crippen LogP contribution in [0.4, 0.5) is 9.59 Å². The highest BCUT2D eigenvalue weighted by Gasteiger charge is 2.18. The van der Waals surface area contributed by atoms with Crippen molar-refractivity contribution in [2.24, 2.45) is 5.92 Å². The largest absolute Gasteiger partial charge is 0.450 e. The van der Waals surface area contributed by atoms with Crippen LogP contribution in [0.2, 0.25) is 0 Å². The van der Waals surface area contributed by atoms with Gasteiger partial charge in [0, 0.05) is 6.54 Å². The summed E-state index contributed by atoms with van der Waals surface area (Å²) in [4.78, 5) is 23.5. The fraction of sp³-hybridized carbons (Fsp3) is 0.556. The number of nitrogens with one attached hydrogen (secondary N) is 2. The Balaban J connectivity index is 2.33. The van der Waals surface area contributed by atoms with Crippen molar-refractivity contribution < 1.29 is 19.1 Å². The molecule has 24 heavy (non-hydrogen) atoms. The first-order valence-corrected chi connectivity index (χ1v) is 8.40. The van der Waals surface area contributed by atoms with E-state index in [4.69, 9.17) is 9.47 Å². The van der Waals surface area contributed by atoms with Crippen LogP contribution in [0.15, 0.2) is 30.3 Å². The number of hydrogen-bond donors (Lipinski definition) is 2. The fourth-order valence-electron chi connectivity index (χ4n) is 1.92. The molecule has 0 aliphatic heterocycles. The summed E-state index contributed by atoms with van der Waals surface area (Å²) < 4.78 is 10.2. The minimum atomic E-state index is -0.501. The smallest absolute Gasteiger partial charge is 0.407 e. The Morgan fingerprint density at radius 2 is 1.79 bits per heavy atom. The maximum atomic E-state index is 11.9. The summed E-state index contributed by atoms with van der Waals surface area (Å²) in [6.45, 7) is 6.87. The first-order chi connectivity index (χ1) is 11.5. The molecule has 6 nitrogen and oxygen atoms in total. The first kappa shape index (κ1) is 19.8. The molecule has 0 spiro atoms. The van der Waals surface area contributed by atoms with Gasteiger partial charge in [0.2, 0.25) is 0 Å². The molecule has 2 amide bonds. The summed E-state index contributed by atoms with van der Waals surface area (Å²) in [5, 5.41) is 5.45. The third-order valence-corrected chi connectivity index (χ3v) is 3.52. The van der Waals surface area contributed by atoms with Crippen LogP contribution in [0.1, 0.15) is 39.2 Å². The molecule has 134 valence electrons. The number of rotatable bonds is 9. The lowest BCUT2D eigenvalue weighted by Gasteiger charge is -2.22. The monoisotopic (exact) mass is 336 g/mol. The maximum absolute atomic E-state index is 11.9. The van der Waals surface area contributed by atoms with E-state index in [2.05, 4.69) is 10.6 Å². The summed E-state index contributed by atoms with van der Waals surface area (Å²) >= 11 is 0. The van der Waals surface area contributed by atoms with Crippen molar-refractivity contribution in [2.75, 3.05) is 13.2 Å². The number of amides is 2. The number of ether oxygens (including phenoxy) is 2. The minimum Gasteiger partial charge on any atom is -0.450 e. The Bertz CT molecular complexity index is 491. The number of carbonyl (C=O) groups excluding carboxylic acids is 2. The average molecular weight is 336 g/mol. The van der Waals surface area contributed by atoms with Crippen molar-refractivity contribution in [3.05, 3.63) is 35.9 Å². The summed E-state index contributed by atoms with van der Waals surface area (Å²) in [5.41, 5.74) is 0.923. The van der Waals surface area contributed by atoms with Crippen LogP contribution in [-0.4, -0.2) is 31.4 Å². The van der Waals surface area contributed by atoms with E-state index in [1.54, 1.807) is 0 Å². The Morgan fingerprint density at radius 3 is 2.42 bits per heavy atom. The van der Waals surface area contributed by atoms with Crippen molar-refractivity contribution >= 4 is 12.2 Å². The third kappa shape index (κ3) is 8.41. The van der Waals surface area contributed by atoms with Gasteiger partial charge in [0.1, 0.15) is 6.61 Å². The second-order valence-corrected chi connectivity index (χ2v) is 5.93. The Kier molecular flexibility index (Phi) is 9.34. The number of hydrogen-bond acceptors (Lipinski definition) is 4. The van der Waals surface area contributed by atoms with Gasteiger partial charge in [0.05, 0.1) is 12.6 Å². The van der Waals surface area contributed by atoms with Crippen LogP contribution in [0.5, 0.6) is 0 Å². The number of benzene rings is 1. The standard InChI is InChI=1S/C18H28N2O4/c1-4-5-11-23-17(21)19-12-16(14(2)3)20-18(22)24-13-15-9-7-6-8-10-15/h6-10,14,16H,4-5,11-13H2,1-3H3,(H,19,21)(H,20,22). The van der Waals surface area contributed by atoms with E-state index in [0.29, 0.717) is 13.2 Å². The van der Waals surface area contributed by atoms with E-state index >= 15 is 0 Å². The average Bonchev–Trinajstić information content (AvgIpc) is 2.57. The SMILES string of the molecule is CCCCOC(=O)NCC(NC(=O)OCc1ccccc1)C(C)C. The van der Waals surface area contributed by atoms with Gasteiger partial charge in [-0.15, -0.1) is 0 Å². The molecule has 1 aromatic carbocycles. The first-order valence-electron chi connectivity index (χ1n) is 8.40. The van der Waals surface area contributed by atoms with E-state index in [-0.39, 0.29) is 18.6 Å². The maximum Gasteiger partial charge on any atom is 0.407 e. The Morgan fingerprint density at radius 1 is 1.08 bits per heavy atom. The van der Waals surface area contributed by atoms with Crippen molar-refractivity contribution in [2.45, 2.75) is 46.3 Å². The molecule has 0 bridgehead atoms. The molecular formula is C18H28N2O4. The highest BCUT2D eigenvalue weighted by atomic mass is 16.6. The predicted molar refractivity (Wildman–Crippen MR) is 92.6 cm³/mol. The van der Waals surface area contributed by atoms with Gasteiger partial charge in [0.25, 0.3) is 0 Å². The second kappa shape index (κ2) is 11.3. The highest BCUT2D eigenvalue weighted by Crippen LogP contribution is 2.04. The molecule has 1 atom stereocenters. The second-order valence-electron chi connectivity index (χ2n) is 5.93. The molecule has 6 heteroatoms. The van der Waals surface area contributed by atoms with Crippen LogP contribution >= 0.6 is 0 Å². The summed E-state index contributed by atoms with van der Waals surface area (Å²) in [6, 6.07) is 9.24. The minimum absolute atomic E-state index is 0.144. The van der Waals surface area contributed by atoms with Gasteiger partial charge in [-0.25, -0.2) is 9.59 Å². The molecular weight excluding hydrogens is 308 g/mol. The van der Waals surface area contributed by atoms with E-state index in [0.717, 1.165) is 18.4 Å². The summed E-state index contributed by atoms with van der Waals surface area (Å²) in [6.07, 6.45) is 0.842. The lowest BCUT2D eigenvalue weighted by Crippen LogP contribution is -2.46. The van der Waals surface area contributed by atoms with Gasteiger partial charge >= 0.3 is 12.2 Å². The molecule has 1 unspecified atom stereocenters. The van der Waals surface area contributed by atoms with Crippen LogP contribution in [-0.2, 0) is 16.1 Å². The fourth-order valence-corrected chi connectivity index (χ4v) is 1.92. The van der Waals surface area contributed by atoms with Crippen LogP contribution in [0, 0.1) is 5.92 Å². The quantitative estimate of drug-likeness (QED) is 0.677. The van der Waals surface area contributed by atoms with Gasteiger partial charge in [-0.05, 0) is 17.9 Å². The lowest BCUT2D eigenvalue weighted by atomic mass is 10.1. The summed E-state index contributed by atoms with van der Waals surface area (Å²) in [7, 11) is 0. The highest BCUT2D eigenvalue weighted by molar-refractivity contribution is 5.69. The van der Waals surface area contributed by atoms with Crippen LogP contribution in [0.25, 0.3) is 0 Å². The predicted octanol–water partition coefficient (Wildman–Crippen LogP) is 3.46. The van der Waals surface area contributed by atoms with Gasteiger partial charge in [0.15, 0.2) is 0 Å². The molecule has 0 aliphatic carbocycles. The Labute approximate surface area is 143 Å². The zero-order chi connectivity index (χ0) is 17.8. The lowest BCUT2D eigenvalue weighted by molar-refractivity contribution is 0.128. The molecule has 0 radical (unpaired) electrons. The molecule has 0 heterocycles. The van der Waals surface area contributed by atoms with Crippen LogP contribution in [0.3, 0.4) is 0 Å². The van der Waals surface area contributed by atoms with Gasteiger partial charge in [-0.1, -0.05) is 57.5 Å². The molecule has 1 rings (SSSR count). The van der Waals surface area contributed by atoms with E-state index in [1.807, 2.05) is 51.1 Å². The molecule has 0 aromatic heterocycles. The van der Waals surface area contributed by atoms with Crippen molar-refractivity contribution in [3.63, 3.8) is 0 Å². The van der Waals surface area contributed by atoms with E-state index in [1.165, 1.54) is 0 Å². The van der Waals surface area contributed by atoms with E-state index in [9.17, 15) is 9.59 Å². The van der Waals surface area contributed by atoms with Gasteiger partial charge in [-0.2, -0.15) is 0 Å². The van der Waals surface area contributed by atoms with Crippen molar-refractivity contribution in [3.8, 4) is 0 Å². The molecule has 2 N–H and O–H groups in total. The van der Waals surface area contributed by atoms with Gasteiger partial charge < -0.3 is 20.1 Å². The normalized spacial score (nSPS) is 11.7. The zero-order valence-corrected chi connectivity index (χ0v) is 14.7. The molecule has 0 fully saturated rings. The molecule has 0 aliphatic rings. The number of unbranched alkanes of at least 4 members (excludes halogenated alkanes) is 1. The molecule has 0 saturated heterocycles. The van der Waals surface area contributed by atoms with Crippen LogP contribution < -0.4 is 10.6 Å². The Hall–Kier alpha value is -2.24. The zero-order valence-electron chi connectivity index (χ0n) is 14.7. The van der Waals surface area contributed by atoms with Gasteiger partial charge in [-0.3, -0.25) is 0 Å². The molecule has 0 saturated carbocycles. The van der Waals surface area contributed by atoms with Crippen molar-refractivity contribution in [1.82, 2.24) is 10.6 Å². The number of carbonyl (C=O) groups is 2. The topological polar surface area (TPSA) is 76.7 Å². The number of alkyl carbamates (subject to hydrolysis) is 2. The van der Waals surface area contributed by atoms with Crippen molar-refractivity contribution in [1.29, 1.82) is 0 Å². The summed E-state index contributed by atoms with van der Waals surface area (Å²) in [5.74, 6) is 0.144. The van der Waals surface area contributed by atoms with E-state index < -0.39 is 12.2 Å². The molecule has 1 aromatic rings.